The normalized spacial score (nSPS) is 25.5. The largest absolute Gasteiger partial charge is 0.488 e. The van der Waals surface area contributed by atoms with Gasteiger partial charge in [-0.25, -0.2) is 15.1 Å². The third-order valence-electron chi connectivity index (χ3n) is 4.79. The van der Waals surface area contributed by atoms with Crippen molar-refractivity contribution in [1.82, 2.24) is 15.3 Å². The number of nitrogens with one attached hydrogen (secondary N) is 1. The summed E-state index contributed by atoms with van der Waals surface area (Å²) in [4.78, 5) is 8.92. The van der Waals surface area contributed by atoms with E-state index in [1.165, 1.54) is 0 Å². The predicted molar refractivity (Wildman–Crippen MR) is 94.4 cm³/mol. The minimum absolute atomic E-state index is 0.0231. The minimum Gasteiger partial charge on any atom is -0.488 e. The van der Waals surface area contributed by atoms with Gasteiger partial charge in [0.05, 0.1) is 24.5 Å². The van der Waals surface area contributed by atoms with Gasteiger partial charge >= 0.3 is 0 Å². The molecule has 5 nitrogen and oxygen atoms in total. The second-order valence-electron chi connectivity index (χ2n) is 8.95. The van der Waals surface area contributed by atoms with E-state index >= 15 is 0 Å². The van der Waals surface area contributed by atoms with Crippen molar-refractivity contribution in [2.45, 2.75) is 85.6 Å². The lowest BCUT2D eigenvalue weighted by Crippen LogP contribution is -2.57. The monoisotopic (exact) mass is 334 g/mol. The molecule has 1 fully saturated rings. The topological polar surface area (TPSA) is 66.9 Å². The highest BCUT2D eigenvalue weighted by Crippen LogP contribution is 2.41. The van der Waals surface area contributed by atoms with Gasteiger partial charge in [0, 0.05) is 6.04 Å². The molecular weight excluding hydrogens is 302 g/mol. The average Bonchev–Trinajstić information content (AvgIpc) is 2.46. The van der Waals surface area contributed by atoms with Gasteiger partial charge in [0.1, 0.15) is 11.9 Å². The lowest BCUT2D eigenvalue weighted by molar-refractivity contribution is -0.0742. The Hall–Kier alpha value is -1.20. The highest BCUT2D eigenvalue weighted by atomic mass is 16.5. The van der Waals surface area contributed by atoms with E-state index in [2.05, 4.69) is 29.1 Å². The van der Waals surface area contributed by atoms with Gasteiger partial charge in [-0.3, -0.25) is 0 Å². The van der Waals surface area contributed by atoms with Crippen molar-refractivity contribution < 1.29 is 9.84 Å². The number of hydrogen-bond donors (Lipinski definition) is 1. The van der Waals surface area contributed by atoms with Crippen LogP contribution >= 0.6 is 0 Å². The van der Waals surface area contributed by atoms with E-state index in [1.807, 2.05) is 34.6 Å². The molecule has 0 aliphatic carbocycles. The van der Waals surface area contributed by atoms with Gasteiger partial charge in [-0.2, -0.15) is 0 Å². The lowest BCUT2D eigenvalue weighted by Gasteiger charge is -2.47. The van der Waals surface area contributed by atoms with Crippen LogP contribution in [0.2, 0.25) is 0 Å². The maximum atomic E-state index is 12.9. The first-order valence-corrected chi connectivity index (χ1v) is 8.91. The molecule has 24 heavy (non-hydrogen) atoms. The smallest absolute Gasteiger partial charge is 0.156 e. The molecular formula is C19H32N3O2. The van der Waals surface area contributed by atoms with Crippen LogP contribution in [0.25, 0.3) is 0 Å². The van der Waals surface area contributed by atoms with Crippen LogP contribution in [-0.2, 0) is 5.11 Å². The highest BCUT2D eigenvalue weighted by molar-refractivity contribution is 5.15. The molecule has 0 spiro atoms. The number of ether oxygens (including phenoxy) is 1. The first-order chi connectivity index (χ1) is 11.0. The molecule has 1 N–H and O–H groups in total. The molecule has 3 unspecified atom stereocenters. The Morgan fingerprint density at radius 3 is 2.33 bits per heavy atom. The van der Waals surface area contributed by atoms with Crippen molar-refractivity contribution >= 4 is 0 Å². The zero-order chi connectivity index (χ0) is 18.1. The molecule has 1 aliphatic heterocycles. The second kappa shape index (κ2) is 6.96. The van der Waals surface area contributed by atoms with Crippen LogP contribution in [0.15, 0.2) is 12.4 Å². The van der Waals surface area contributed by atoms with Crippen LogP contribution in [0.3, 0.4) is 0 Å². The molecule has 1 aromatic rings. The molecule has 1 radical (unpaired) electrons. The van der Waals surface area contributed by atoms with Crippen LogP contribution in [0, 0.1) is 10.8 Å². The van der Waals surface area contributed by atoms with Crippen LogP contribution in [0.4, 0.5) is 0 Å². The number of piperidine rings is 1. The Kier molecular flexibility index (Phi) is 5.55. The third-order valence-corrected chi connectivity index (χ3v) is 4.79. The zero-order valence-electron chi connectivity index (χ0n) is 16.1. The molecule has 0 amide bonds. The van der Waals surface area contributed by atoms with Crippen LogP contribution in [-0.4, -0.2) is 28.2 Å². The number of hydrogen-bond acceptors (Lipinski definition) is 4. The van der Waals surface area contributed by atoms with E-state index in [0.29, 0.717) is 5.75 Å². The van der Waals surface area contributed by atoms with E-state index in [9.17, 15) is 5.11 Å². The van der Waals surface area contributed by atoms with Gasteiger partial charge in [0.2, 0.25) is 0 Å². The third kappa shape index (κ3) is 4.45. The predicted octanol–water partition coefficient (Wildman–Crippen LogP) is 3.93. The fraction of sp³-hybridized carbons (Fsp3) is 0.789. The van der Waals surface area contributed by atoms with Gasteiger partial charge in [-0.15, -0.1) is 0 Å². The summed E-state index contributed by atoms with van der Waals surface area (Å²) in [5, 5.41) is 16.5. The summed E-state index contributed by atoms with van der Waals surface area (Å²) in [5.74, 6) is 1.42. The first kappa shape index (κ1) is 19.1. The Labute approximate surface area is 146 Å². The van der Waals surface area contributed by atoms with Crippen molar-refractivity contribution in [3.63, 3.8) is 0 Å². The number of rotatable bonds is 4. The summed E-state index contributed by atoms with van der Waals surface area (Å²) in [6.45, 7) is 14.4. The quantitative estimate of drug-likeness (QED) is 0.906. The van der Waals surface area contributed by atoms with Crippen LogP contribution in [0.1, 0.15) is 73.2 Å². The molecule has 135 valence electrons. The van der Waals surface area contributed by atoms with E-state index < -0.39 is 6.10 Å². The Bertz CT molecular complexity index is 535. The average molecular weight is 334 g/mol. The second-order valence-corrected chi connectivity index (χ2v) is 8.95. The molecule has 1 aliphatic rings. The van der Waals surface area contributed by atoms with Gasteiger partial charge in [-0.1, -0.05) is 34.6 Å². The molecule has 0 saturated carbocycles. The van der Waals surface area contributed by atoms with E-state index in [-0.39, 0.29) is 29.0 Å². The zero-order valence-corrected chi connectivity index (χ0v) is 16.1. The molecule has 1 aromatic heterocycles. The SMILES string of the molecule is CC(C)Oc1cnc(C2CCC(C)(C)C(C([O])C(C)(C)C)N2)nc1. The van der Waals surface area contributed by atoms with Crippen molar-refractivity contribution in [3.8, 4) is 5.75 Å². The molecule has 0 bridgehead atoms. The summed E-state index contributed by atoms with van der Waals surface area (Å²) in [6, 6.07) is -0.0821. The van der Waals surface area contributed by atoms with Gasteiger partial charge < -0.3 is 10.1 Å². The Morgan fingerprint density at radius 1 is 1.25 bits per heavy atom. The molecule has 1 saturated heterocycles. The van der Waals surface area contributed by atoms with Gasteiger partial charge in [-0.05, 0) is 37.5 Å². The Balaban J connectivity index is 2.15. The summed E-state index contributed by atoms with van der Waals surface area (Å²) in [6.07, 6.45) is 4.78. The van der Waals surface area contributed by atoms with Crippen molar-refractivity contribution in [2.24, 2.45) is 10.8 Å². The fourth-order valence-electron chi connectivity index (χ4n) is 3.24. The summed E-state index contributed by atoms with van der Waals surface area (Å²) in [7, 11) is 0. The highest BCUT2D eigenvalue weighted by Gasteiger charge is 2.45. The molecule has 3 atom stereocenters. The maximum absolute atomic E-state index is 12.9. The van der Waals surface area contributed by atoms with Crippen molar-refractivity contribution in [1.29, 1.82) is 0 Å². The van der Waals surface area contributed by atoms with Gasteiger partial charge in [0.25, 0.3) is 0 Å². The van der Waals surface area contributed by atoms with E-state index in [4.69, 9.17) is 4.74 Å². The molecule has 5 heteroatoms. The summed E-state index contributed by atoms with van der Waals surface area (Å²) in [5.41, 5.74) is -0.316. The molecule has 0 aromatic carbocycles. The molecule has 2 heterocycles. The summed E-state index contributed by atoms with van der Waals surface area (Å²) < 4.78 is 5.60. The van der Waals surface area contributed by atoms with Gasteiger partial charge in [0.15, 0.2) is 5.75 Å². The minimum atomic E-state index is -0.682. The van der Waals surface area contributed by atoms with E-state index in [0.717, 1.165) is 18.7 Å². The number of aromatic nitrogens is 2. The van der Waals surface area contributed by atoms with Crippen LogP contribution < -0.4 is 10.1 Å². The molecule has 2 rings (SSSR count). The fourth-order valence-corrected chi connectivity index (χ4v) is 3.24. The van der Waals surface area contributed by atoms with Crippen molar-refractivity contribution in [2.75, 3.05) is 0 Å². The first-order valence-electron chi connectivity index (χ1n) is 8.91. The summed E-state index contributed by atoms with van der Waals surface area (Å²) >= 11 is 0. The Morgan fingerprint density at radius 2 is 1.83 bits per heavy atom. The van der Waals surface area contributed by atoms with Crippen molar-refractivity contribution in [3.05, 3.63) is 18.2 Å². The maximum Gasteiger partial charge on any atom is 0.156 e. The van der Waals surface area contributed by atoms with E-state index in [1.54, 1.807) is 12.4 Å². The lowest BCUT2D eigenvalue weighted by atomic mass is 9.68. The number of nitrogens with zero attached hydrogens (tertiary/aromatic N) is 2. The standard InChI is InChI=1S/C19H32N3O2/c1-12(2)24-13-10-20-17(21-11-13)14-8-9-19(6,7)15(22-14)16(23)18(3,4)5/h10-12,14-16,22H,8-9H2,1-7H3. The van der Waals surface area contributed by atoms with Crippen LogP contribution in [0.5, 0.6) is 5.75 Å².